The third kappa shape index (κ3) is 2.87. The number of methoxy groups -OCH3 is 1. The summed E-state index contributed by atoms with van der Waals surface area (Å²) in [4.78, 5) is 5.30. The van der Waals surface area contributed by atoms with E-state index < -0.39 is 0 Å². The predicted octanol–water partition coefficient (Wildman–Crippen LogP) is 3.13. The molecule has 0 spiro atoms. The highest BCUT2D eigenvalue weighted by atomic mass is 79.9. The number of ether oxygens (including phenoxy) is 1. The molecule has 3 nitrogen and oxygen atoms in total. The summed E-state index contributed by atoms with van der Waals surface area (Å²) in [6, 6.07) is 7.85. The van der Waals surface area contributed by atoms with E-state index in [1.807, 2.05) is 0 Å². The molecule has 4 heteroatoms. The van der Waals surface area contributed by atoms with Crippen molar-refractivity contribution >= 4 is 15.9 Å². The van der Waals surface area contributed by atoms with Crippen LogP contribution in [-0.2, 0) is 6.54 Å². The predicted molar refractivity (Wildman–Crippen MR) is 85.2 cm³/mol. The lowest BCUT2D eigenvalue weighted by Gasteiger charge is -2.42. The van der Waals surface area contributed by atoms with Gasteiger partial charge in [0.15, 0.2) is 0 Å². The molecule has 20 heavy (non-hydrogen) atoms. The minimum absolute atomic E-state index is 0.644. The molecule has 110 valence electrons. The number of rotatable bonds is 3. The van der Waals surface area contributed by atoms with Gasteiger partial charge in [-0.1, -0.05) is 6.07 Å². The molecule has 0 bridgehead atoms. The summed E-state index contributed by atoms with van der Waals surface area (Å²) in [6.45, 7) is 7.13. The van der Waals surface area contributed by atoms with E-state index in [4.69, 9.17) is 4.74 Å². The zero-order valence-electron chi connectivity index (χ0n) is 12.3. The fourth-order valence-corrected chi connectivity index (χ4v) is 4.10. The molecule has 0 radical (unpaired) electrons. The molecule has 2 atom stereocenters. The highest BCUT2D eigenvalue weighted by Gasteiger charge is 2.34. The van der Waals surface area contributed by atoms with Crippen molar-refractivity contribution in [1.29, 1.82) is 0 Å². The minimum atomic E-state index is 0.644. The first kappa shape index (κ1) is 14.4. The molecule has 1 aromatic carbocycles. The van der Waals surface area contributed by atoms with Gasteiger partial charge in [0.05, 0.1) is 11.6 Å². The van der Waals surface area contributed by atoms with Crippen LogP contribution in [0.3, 0.4) is 0 Å². The van der Waals surface area contributed by atoms with E-state index in [1.165, 1.54) is 38.0 Å². The summed E-state index contributed by atoms with van der Waals surface area (Å²) in [5.41, 5.74) is 1.36. The van der Waals surface area contributed by atoms with Gasteiger partial charge in [-0.2, -0.15) is 0 Å². The summed E-state index contributed by atoms with van der Waals surface area (Å²) in [7, 11) is 1.71. The van der Waals surface area contributed by atoms with Crippen molar-refractivity contribution in [2.75, 3.05) is 26.7 Å². The number of fused-ring (bicyclic) bond motifs is 1. The van der Waals surface area contributed by atoms with Crippen LogP contribution in [0.4, 0.5) is 0 Å². The van der Waals surface area contributed by atoms with Crippen LogP contribution in [0.5, 0.6) is 5.75 Å². The van der Waals surface area contributed by atoms with E-state index in [9.17, 15) is 0 Å². The zero-order valence-corrected chi connectivity index (χ0v) is 13.9. The Kier molecular flexibility index (Phi) is 4.34. The lowest BCUT2D eigenvalue weighted by atomic mass is 10.1. The molecule has 0 amide bonds. The van der Waals surface area contributed by atoms with Crippen LogP contribution in [-0.4, -0.2) is 48.6 Å². The first-order valence-electron chi connectivity index (χ1n) is 7.48. The van der Waals surface area contributed by atoms with Gasteiger partial charge in [0.25, 0.3) is 0 Å². The standard InChI is InChI=1S/C16H23BrN2O/c1-12-9-18-7-3-4-14(18)11-19(12)10-13-5-6-16(20-2)15(17)8-13/h5-6,8,12,14H,3-4,7,9-11H2,1-2H3. The molecule has 2 heterocycles. The van der Waals surface area contributed by atoms with Gasteiger partial charge in [0.1, 0.15) is 5.75 Å². The molecule has 0 aliphatic carbocycles. The monoisotopic (exact) mass is 338 g/mol. The van der Waals surface area contributed by atoms with Crippen LogP contribution in [0.2, 0.25) is 0 Å². The molecule has 2 unspecified atom stereocenters. The molecule has 2 aliphatic rings. The first-order valence-corrected chi connectivity index (χ1v) is 8.27. The molecule has 1 aromatic rings. The van der Waals surface area contributed by atoms with Gasteiger partial charge in [-0.3, -0.25) is 9.80 Å². The third-order valence-corrected chi connectivity index (χ3v) is 5.29. The zero-order chi connectivity index (χ0) is 14.1. The number of halogens is 1. The van der Waals surface area contributed by atoms with Crippen LogP contribution < -0.4 is 4.74 Å². The maximum atomic E-state index is 5.30. The van der Waals surface area contributed by atoms with Crippen LogP contribution in [0.15, 0.2) is 22.7 Å². The molecule has 2 saturated heterocycles. The molecule has 2 aliphatic heterocycles. The van der Waals surface area contributed by atoms with E-state index in [2.05, 4.69) is 50.9 Å². The second-order valence-electron chi connectivity index (χ2n) is 6.04. The van der Waals surface area contributed by atoms with Crippen molar-refractivity contribution in [3.63, 3.8) is 0 Å². The lowest BCUT2D eigenvalue weighted by molar-refractivity contribution is 0.0540. The largest absolute Gasteiger partial charge is 0.496 e. The Bertz CT molecular complexity index is 480. The van der Waals surface area contributed by atoms with Gasteiger partial charge in [0.2, 0.25) is 0 Å². The second kappa shape index (κ2) is 6.04. The van der Waals surface area contributed by atoms with Crippen molar-refractivity contribution in [3.8, 4) is 5.75 Å². The van der Waals surface area contributed by atoms with E-state index in [1.54, 1.807) is 7.11 Å². The van der Waals surface area contributed by atoms with Gasteiger partial charge in [-0.15, -0.1) is 0 Å². The minimum Gasteiger partial charge on any atom is -0.496 e. The maximum absolute atomic E-state index is 5.30. The molecule has 0 aromatic heterocycles. The highest BCUT2D eigenvalue weighted by molar-refractivity contribution is 9.10. The van der Waals surface area contributed by atoms with E-state index in [0.29, 0.717) is 6.04 Å². The SMILES string of the molecule is COc1ccc(CN2CC3CCCN3CC2C)cc1Br. The van der Waals surface area contributed by atoms with E-state index in [-0.39, 0.29) is 0 Å². The molecule has 2 fully saturated rings. The van der Waals surface area contributed by atoms with Gasteiger partial charge in [-0.25, -0.2) is 0 Å². The van der Waals surface area contributed by atoms with Crippen LogP contribution in [0, 0.1) is 0 Å². The van der Waals surface area contributed by atoms with Crippen molar-refractivity contribution < 1.29 is 4.74 Å². The normalized spacial score (nSPS) is 27.6. The Hall–Kier alpha value is -0.580. The Balaban J connectivity index is 1.69. The molecular formula is C16H23BrN2O. The summed E-state index contributed by atoms with van der Waals surface area (Å²) in [5.74, 6) is 0.905. The van der Waals surface area contributed by atoms with E-state index >= 15 is 0 Å². The number of hydrogen-bond donors (Lipinski definition) is 0. The van der Waals surface area contributed by atoms with Gasteiger partial charge < -0.3 is 4.74 Å². The van der Waals surface area contributed by atoms with Crippen molar-refractivity contribution in [2.24, 2.45) is 0 Å². The molecular weight excluding hydrogens is 316 g/mol. The summed E-state index contributed by atoms with van der Waals surface area (Å²) in [5, 5.41) is 0. The quantitative estimate of drug-likeness (QED) is 0.842. The fraction of sp³-hybridized carbons (Fsp3) is 0.625. The number of piperazine rings is 1. The van der Waals surface area contributed by atoms with Crippen LogP contribution in [0.25, 0.3) is 0 Å². The smallest absolute Gasteiger partial charge is 0.133 e. The maximum Gasteiger partial charge on any atom is 0.133 e. The fourth-order valence-electron chi connectivity index (χ4n) is 3.51. The molecule has 0 N–H and O–H groups in total. The topological polar surface area (TPSA) is 15.7 Å². The second-order valence-corrected chi connectivity index (χ2v) is 6.89. The van der Waals surface area contributed by atoms with E-state index in [0.717, 1.165) is 22.8 Å². The van der Waals surface area contributed by atoms with Crippen molar-refractivity contribution in [3.05, 3.63) is 28.2 Å². The van der Waals surface area contributed by atoms with Crippen molar-refractivity contribution in [2.45, 2.75) is 38.4 Å². The number of benzene rings is 1. The van der Waals surface area contributed by atoms with Gasteiger partial charge >= 0.3 is 0 Å². The average molecular weight is 339 g/mol. The Morgan fingerprint density at radius 2 is 2.20 bits per heavy atom. The first-order chi connectivity index (χ1) is 9.67. The highest BCUT2D eigenvalue weighted by Crippen LogP contribution is 2.29. The molecule has 0 saturated carbocycles. The Morgan fingerprint density at radius 3 is 2.95 bits per heavy atom. The summed E-state index contributed by atoms with van der Waals surface area (Å²) >= 11 is 3.58. The summed E-state index contributed by atoms with van der Waals surface area (Å²) in [6.07, 6.45) is 2.74. The van der Waals surface area contributed by atoms with Crippen LogP contribution in [0.1, 0.15) is 25.3 Å². The molecule has 3 rings (SSSR count). The lowest BCUT2D eigenvalue weighted by Crippen LogP contribution is -2.54. The number of nitrogens with zero attached hydrogens (tertiary/aromatic N) is 2. The Labute approximate surface area is 130 Å². The Morgan fingerprint density at radius 1 is 1.35 bits per heavy atom. The van der Waals surface area contributed by atoms with Crippen molar-refractivity contribution in [1.82, 2.24) is 9.80 Å². The third-order valence-electron chi connectivity index (χ3n) is 4.67. The summed E-state index contributed by atoms with van der Waals surface area (Å²) < 4.78 is 6.35. The number of hydrogen-bond acceptors (Lipinski definition) is 3. The average Bonchev–Trinajstić information content (AvgIpc) is 2.86. The van der Waals surface area contributed by atoms with Gasteiger partial charge in [0, 0.05) is 31.7 Å². The van der Waals surface area contributed by atoms with Gasteiger partial charge in [-0.05, 0) is 59.9 Å². The van der Waals surface area contributed by atoms with Crippen LogP contribution >= 0.6 is 15.9 Å².